The summed E-state index contributed by atoms with van der Waals surface area (Å²) in [5.74, 6) is -1.29. The van der Waals surface area contributed by atoms with E-state index in [-0.39, 0.29) is 12.6 Å². The molecule has 0 spiro atoms. The third-order valence-electron chi connectivity index (χ3n) is 5.36. The highest BCUT2D eigenvalue weighted by Gasteiger charge is 2.26. The van der Waals surface area contributed by atoms with Gasteiger partial charge in [0.25, 0.3) is 0 Å². The number of benzene rings is 1. The Bertz CT molecular complexity index is 845. The van der Waals surface area contributed by atoms with Crippen molar-refractivity contribution in [2.75, 3.05) is 39.8 Å². The van der Waals surface area contributed by atoms with E-state index in [2.05, 4.69) is 38.1 Å². The van der Waals surface area contributed by atoms with E-state index in [9.17, 15) is 9.59 Å². The number of aromatic nitrogens is 1. The maximum absolute atomic E-state index is 12.4. The highest BCUT2D eigenvalue weighted by molar-refractivity contribution is 6.35. The van der Waals surface area contributed by atoms with Crippen molar-refractivity contribution < 1.29 is 9.59 Å². The average molecular weight is 418 g/mol. The van der Waals surface area contributed by atoms with E-state index >= 15 is 0 Å². The molecule has 1 aliphatic rings. The van der Waals surface area contributed by atoms with Gasteiger partial charge in [-0.1, -0.05) is 29.8 Å². The van der Waals surface area contributed by atoms with Crippen molar-refractivity contribution in [3.8, 4) is 0 Å². The molecule has 7 nitrogen and oxygen atoms in total. The zero-order valence-corrected chi connectivity index (χ0v) is 17.7. The van der Waals surface area contributed by atoms with E-state index in [0.717, 1.165) is 37.4 Å². The first-order chi connectivity index (χ1) is 14.0. The Hall–Kier alpha value is -2.35. The van der Waals surface area contributed by atoms with Gasteiger partial charge in [-0.2, -0.15) is 0 Å². The van der Waals surface area contributed by atoms with Gasteiger partial charge in [0, 0.05) is 63.2 Å². The van der Waals surface area contributed by atoms with Crippen LogP contribution in [0.15, 0.2) is 42.6 Å². The molecule has 1 aromatic heterocycles. The highest BCUT2D eigenvalue weighted by Crippen LogP contribution is 2.21. The van der Waals surface area contributed by atoms with Crippen molar-refractivity contribution in [1.82, 2.24) is 25.0 Å². The highest BCUT2D eigenvalue weighted by atomic mass is 35.5. The van der Waals surface area contributed by atoms with Crippen molar-refractivity contribution in [3.05, 3.63) is 58.9 Å². The molecule has 1 aromatic carbocycles. The van der Waals surface area contributed by atoms with Crippen LogP contribution in [0.5, 0.6) is 0 Å². The van der Waals surface area contributed by atoms with Crippen molar-refractivity contribution in [2.45, 2.75) is 12.6 Å². The molecule has 0 saturated carbocycles. The first kappa shape index (κ1) is 21.4. The number of hydrogen-bond donors (Lipinski definition) is 2. The standard InChI is InChI=1S/C21H28ClN5O2/c1-25-10-12-27(13-11-25)19(18-8-5-9-26(18)2)15-24-21(29)20(28)23-14-16-6-3-4-7-17(16)22/h3-9,19H,10-15H2,1-2H3,(H,23,28)(H,24,29). The molecule has 1 unspecified atom stereocenters. The molecule has 8 heteroatoms. The Morgan fingerprint density at radius 1 is 1.00 bits per heavy atom. The minimum Gasteiger partial charge on any atom is -0.353 e. The lowest BCUT2D eigenvalue weighted by atomic mass is 10.1. The summed E-state index contributed by atoms with van der Waals surface area (Å²) in [6.07, 6.45) is 2.00. The third-order valence-corrected chi connectivity index (χ3v) is 5.73. The van der Waals surface area contributed by atoms with Crippen LogP contribution < -0.4 is 10.6 Å². The number of carbonyl (C=O) groups excluding carboxylic acids is 2. The van der Waals surface area contributed by atoms with Gasteiger partial charge >= 0.3 is 11.8 Å². The van der Waals surface area contributed by atoms with Gasteiger partial charge in [-0.3, -0.25) is 14.5 Å². The summed E-state index contributed by atoms with van der Waals surface area (Å²) in [5, 5.41) is 6.00. The van der Waals surface area contributed by atoms with Crippen LogP contribution in [0.3, 0.4) is 0 Å². The van der Waals surface area contributed by atoms with E-state index in [1.807, 2.05) is 37.5 Å². The smallest absolute Gasteiger partial charge is 0.309 e. The van der Waals surface area contributed by atoms with Crippen molar-refractivity contribution >= 4 is 23.4 Å². The fourth-order valence-corrected chi connectivity index (χ4v) is 3.74. The first-order valence-corrected chi connectivity index (χ1v) is 10.2. The molecule has 2 heterocycles. The largest absolute Gasteiger partial charge is 0.353 e. The molecule has 0 bridgehead atoms. The normalized spacial score (nSPS) is 16.4. The number of likely N-dealkylation sites (N-methyl/N-ethyl adjacent to an activating group) is 1. The predicted octanol–water partition coefficient (Wildman–Crippen LogP) is 1.40. The van der Waals surface area contributed by atoms with Crippen LogP contribution >= 0.6 is 11.6 Å². The van der Waals surface area contributed by atoms with Crippen LogP contribution in [-0.4, -0.2) is 66.0 Å². The minimum atomic E-state index is -0.658. The lowest BCUT2D eigenvalue weighted by Crippen LogP contribution is -2.50. The second-order valence-corrected chi connectivity index (χ2v) is 7.79. The Labute approximate surface area is 176 Å². The number of piperazine rings is 1. The molecule has 1 aliphatic heterocycles. The fraction of sp³-hybridized carbons (Fsp3) is 0.429. The molecule has 0 aliphatic carbocycles. The molecule has 2 aromatic rings. The fourth-order valence-electron chi connectivity index (χ4n) is 3.54. The van der Waals surface area contributed by atoms with Gasteiger partial charge in [0.1, 0.15) is 0 Å². The maximum atomic E-state index is 12.4. The van der Waals surface area contributed by atoms with Gasteiger partial charge in [-0.15, -0.1) is 0 Å². The van der Waals surface area contributed by atoms with Gasteiger partial charge in [0.05, 0.1) is 6.04 Å². The van der Waals surface area contributed by atoms with Crippen molar-refractivity contribution in [1.29, 1.82) is 0 Å². The molecule has 0 radical (unpaired) electrons. The van der Waals surface area contributed by atoms with Gasteiger partial charge < -0.3 is 20.1 Å². The van der Waals surface area contributed by atoms with Crippen molar-refractivity contribution in [2.24, 2.45) is 7.05 Å². The lowest BCUT2D eigenvalue weighted by molar-refractivity contribution is -0.139. The van der Waals surface area contributed by atoms with Crippen LogP contribution in [0.2, 0.25) is 5.02 Å². The van der Waals surface area contributed by atoms with Crippen LogP contribution in [0, 0.1) is 0 Å². The van der Waals surface area contributed by atoms with E-state index in [1.165, 1.54) is 0 Å². The summed E-state index contributed by atoms with van der Waals surface area (Å²) in [5.41, 5.74) is 1.89. The first-order valence-electron chi connectivity index (χ1n) is 9.79. The summed E-state index contributed by atoms with van der Waals surface area (Å²) in [4.78, 5) is 29.2. The number of halogens is 1. The zero-order valence-electron chi connectivity index (χ0n) is 16.9. The van der Waals surface area contributed by atoms with Gasteiger partial charge in [-0.05, 0) is 30.8 Å². The second kappa shape index (κ2) is 9.91. The molecular formula is C21H28ClN5O2. The number of rotatable bonds is 6. The van der Waals surface area contributed by atoms with Gasteiger partial charge in [0.2, 0.25) is 0 Å². The number of nitrogens with one attached hydrogen (secondary N) is 2. The number of aryl methyl sites for hydroxylation is 1. The quantitative estimate of drug-likeness (QED) is 0.697. The molecule has 29 heavy (non-hydrogen) atoms. The zero-order chi connectivity index (χ0) is 20.8. The average Bonchev–Trinajstić information content (AvgIpc) is 3.14. The maximum Gasteiger partial charge on any atom is 0.309 e. The molecule has 1 fully saturated rings. The summed E-state index contributed by atoms with van der Waals surface area (Å²) in [6.45, 7) is 4.38. The van der Waals surface area contributed by atoms with Crippen LogP contribution in [-0.2, 0) is 23.2 Å². The molecule has 2 amide bonds. The molecule has 156 valence electrons. The van der Waals surface area contributed by atoms with Gasteiger partial charge in [-0.25, -0.2) is 0 Å². The second-order valence-electron chi connectivity index (χ2n) is 7.38. The van der Waals surface area contributed by atoms with Crippen LogP contribution in [0.4, 0.5) is 0 Å². The molecule has 1 atom stereocenters. The van der Waals surface area contributed by atoms with Crippen LogP contribution in [0.1, 0.15) is 17.3 Å². The summed E-state index contributed by atoms with van der Waals surface area (Å²) >= 11 is 6.10. The Morgan fingerprint density at radius 2 is 1.69 bits per heavy atom. The van der Waals surface area contributed by atoms with E-state index < -0.39 is 11.8 Å². The van der Waals surface area contributed by atoms with E-state index in [4.69, 9.17) is 11.6 Å². The number of nitrogens with zero attached hydrogens (tertiary/aromatic N) is 3. The molecular weight excluding hydrogens is 390 g/mol. The van der Waals surface area contributed by atoms with Crippen LogP contribution in [0.25, 0.3) is 0 Å². The topological polar surface area (TPSA) is 69.6 Å². The molecule has 1 saturated heterocycles. The summed E-state index contributed by atoms with van der Waals surface area (Å²) < 4.78 is 2.06. The number of carbonyl (C=O) groups is 2. The predicted molar refractivity (Wildman–Crippen MR) is 114 cm³/mol. The third kappa shape index (κ3) is 5.59. The lowest BCUT2D eigenvalue weighted by Gasteiger charge is -2.38. The Balaban J connectivity index is 1.58. The monoisotopic (exact) mass is 417 g/mol. The summed E-state index contributed by atoms with van der Waals surface area (Å²) in [7, 11) is 4.11. The molecule has 3 rings (SSSR count). The Kier molecular flexibility index (Phi) is 7.30. The minimum absolute atomic E-state index is 0.0176. The van der Waals surface area contributed by atoms with E-state index in [0.29, 0.717) is 11.6 Å². The number of amides is 2. The van der Waals surface area contributed by atoms with Crippen molar-refractivity contribution in [3.63, 3.8) is 0 Å². The van der Waals surface area contributed by atoms with Gasteiger partial charge in [0.15, 0.2) is 0 Å². The number of hydrogen-bond acceptors (Lipinski definition) is 4. The SMILES string of the molecule is CN1CCN(C(CNC(=O)C(=O)NCc2ccccc2Cl)c2cccn2C)CC1. The Morgan fingerprint density at radius 3 is 2.34 bits per heavy atom. The summed E-state index contributed by atoms with van der Waals surface area (Å²) in [6, 6.07) is 11.3. The van der Waals surface area contributed by atoms with E-state index in [1.54, 1.807) is 6.07 Å². The molecule has 2 N–H and O–H groups in total.